The van der Waals surface area contributed by atoms with E-state index in [0.29, 0.717) is 11.3 Å². The van der Waals surface area contributed by atoms with Crippen LogP contribution in [-0.4, -0.2) is 21.7 Å². The van der Waals surface area contributed by atoms with Gasteiger partial charge in [0.2, 0.25) is 0 Å². The van der Waals surface area contributed by atoms with E-state index in [1.54, 1.807) is 24.5 Å². The summed E-state index contributed by atoms with van der Waals surface area (Å²) in [4.78, 5) is 32.2. The summed E-state index contributed by atoms with van der Waals surface area (Å²) in [6.07, 6.45) is 7.26. The van der Waals surface area contributed by atoms with Crippen molar-refractivity contribution in [3.63, 3.8) is 0 Å². The first-order valence-electron chi connectivity index (χ1n) is 10.4. The smallest absolute Gasteiger partial charge is 0.263 e. The quantitative estimate of drug-likeness (QED) is 0.495. The van der Waals surface area contributed by atoms with E-state index in [1.807, 2.05) is 12.1 Å². The van der Waals surface area contributed by atoms with Crippen molar-refractivity contribution in [3.05, 3.63) is 62.5 Å². The predicted octanol–water partition coefficient (Wildman–Crippen LogP) is 4.17. The van der Waals surface area contributed by atoms with Crippen LogP contribution in [0.2, 0.25) is 0 Å². The number of amides is 1. The second-order valence-corrected chi connectivity index (χ2v) is 9.16. The topological polar surface area (TPSA) is 76.3 Å². The SMILES string of the molecule is CC(C)c1ccc(/C=N\NC(=O)C(C)n2cnc3sc4c(c3c2=O)CCCC4)cc1. The second kappa shape index (κ2) is 8.52. The number of carbonyl (C=O) groups excluding carboxylic acids is 1. The first-order chi connectivity index (χ1) is 14.5. The molecule has 0 radical (unpaired) electrons. The summed E-state index contributed by atoms with van der Waals surface area (Å²) in [7, 11) is 0. The van der Waals surface area contributed by atoms with Crippen LogP contribution in [0, 0.1) is 0 Å². The Kier molecular flexibility index (Phi) is 5.81. The third-order valence-corrected chi connectivity index (χ3v) is 6.89. The molecule has 0 saturated heterocycles. The Labute approximate surface area is 179 Å². The maximum absolute atomic E-state index is 13.1. The molecule has 2 aromatic heterocycles. The Morgan fingerprint density at radius 2 is 1.93 bits per heavy atom. The number of carbonyl (C=O) groups is 1. The third-order valence-electron chi connectivity index (χ3n) is 5.69. The summed E-state index contributed by atoms with van der Waals surface area (Å²) in [6.45, 7) is 5.98. The average Bonchev–Trinajstić information content (AvgIpc) is 3.13. The molecule has 1 aliphatic rings. The summed E-state index contributed by atoms with van der Waals surface area (Å²) in [6, 6.07) is 7.35. The summed E-state index contributed by atoms with van der Waals surface area (Å²) < 4.78 is 1.41. The first-order valence-corrected chi connectivity index (χ1v) is 11.2. The van der Waals surface area contributed by atoms with Crippen molar-refractivity contribution in [1.82, 2.24) is 15.0 Å². The molecule has 156 valence electrons. The molecule has 1 aromatic carbocycles. The number of nitrogens with one attached hydrogen (secondary N) is 1. The highest BCUT2D eigenvalue weighted by Gasteiger charge is 2.23. The Morgan fingerprint density at radius 3 is 2.67 bits per heavy atom. The van der Waals surface area contributed by atoms with Crippen molar-refractivity contribution in [3.8, 4) is 0 Å². The van der Waals surface area contributed by atoms with Gasteiger partial charge in [0, 0.05) is 4.88 Å². The summed E-state index contributed by atoms with van der Waals surface area (Å²) in [5, 5.41) is 4.74. The monoisotopic (exact) mass is 422 g/mol. The van der Waals surface area contributed by atoms with Crippen LogP contribution in [0.5, 0.6) is 0 Å². The van der Waals surface area contributed by atoms with Gasteiger partial charge in [0.15, 0.2) is 0 Å². The van der Waals surface area contributed by atoms with Crippen LogP contribution in [0.25, 0.3) is 10.2 Å². The highest BCUT2D eigenvalue weighted by molar-refractivity contribution is 7.18. The number of aromatic nitrogens is 2. The number of hydrogen-bond acceptors (Lipinski definition) is 5. The molecule has 0 fully saturated rings. The lowest BCUT2D eigenvalue weighted by molar-refractivity contribution is -0.123. The van der Waals surface area contributed by atoms with E-state index in [9.17, 15) is 9.59 Å². The predicted molar refractivity (Wildman–Crippen MR) is 122 cm³/mol. The number of nitrogens with zero attached hydrogens (tertiary/aromatic N) is 3. The molecule has 0 spiro atoms. The highest BCUT2D eigenvalue weighted by atomic mass is 32.1. The van der Waals surface area contributed by atoms with Gasteiger partial charge in [-0.15, -0.1) is 11.3 Å². The van der Waals surface area contributed by atoms with E-state index in [4.69, 9.17) is 0 Å². The van der Waals surface area contributed by atoms with Crippen molar-refractivity contribution in [2.75, 3.05) is 0 Å². The normalized spacial score (nSPS) is 14.9. The van der Waals surface area contributed by atoms with Crippen molar-refractivity contribution in [2.45, 2.75) is 58.4 Å². The molecule has 1 unspecified atom stereocenters. The van der Waals surface area contributed by atoms with E-state index in [2.05, 4.69) is 41.5 Å². The van der Waals surface area contributed by atoms with E-state index in [0.717, 1.165) is 41.6 Å². The average molecular weight is 423 g/mol. The maximum atomic E-state index is 13.1. The summed E-state index contributed by atoms with van der Waals surface area (Å²) >= 11 is 1.61. The van der Waals surface area contributed by atoms with Crippen molar-refractivity contribution < 1.29 is 4.79 Å². The van der Waals surface area contributed by atoms with Gasteiger partial charge >= 0.3 is 0 Å². The number of hydrazone groups is 1. The van der Waals surface area contributed by atoms with Crippen molar-refractivity contribution in [1.29, 1.82) is 0 Å². The summed E-state index contributed by atoms with van der Waals surface area (Å²) in [5.74, 6) is 0.118. The molecule has 0 aliphatic heterocycles. The van der Waals surface area contributed by atoms with E-state index in [-0.39, 0.29) is 11.5 Å². The molecule has 30 heavy (non-hydrogen) atoms. The Bertz CT molecular complexity index is 1160. The fourth-order valence-corrected chi connectivity index (χ4v) is 5.01. The molecule has 7 heteroatoms. The van der Waals surface area contributed by atoms with Gasteiger partial charge in [-0.2, -0.15) is 5.10 Å². The van der Waals surface area contributed by atoms with Gasteiger partial charge in [0.25, 0.3) is 11.5 Å². The minimum absolute atomic E-state index is 0.143. The van der Waals surface area contributed by atoms with Crippen LogP contribution in [0.1, 0.15) is 67.1 Å². The molecule has 1 N–H and O–H groups in total. The van der Waals surface area contributed by atoms with E-state index >= 15 is 0 Å². The van der Waals surface area contributed by atoms with Gasteiger partial charge in [-0.3, -0.25) is 14.2 Å². The summed E-state index contributed by atoms with van der Waals surface area (Å²) in [5.41, 5.74) is 5.68. The lowest BCUT2D eigenvalue weighted by Gasteiger charge is -2.14. The molecule has 1 atom stereocenters. The zero-order valence-electron chi connectivity index (χ0n) is 17.5. The molecule has 2 heterocycles. The molecule has 6 nitrogen and oxygen atoms in total. The van der Waals surface area contributed by atoms with Gasteiger partial charge in [0.05, 0.1) is 17.9 Å². The molecule has 0 saturated carbocycles. The lowest BCUT2D eigenvalue weighted by atomic mass is 9.97. The van der Waals surface area contributed by atoms with Crippen LogP contribution in [-0.2, 0) is 17.6 Å². The minimum atomic E-state index is -0.700. The van der Waals surface area contributed by atoms with Crippen LogP contribution in [0.4, 0.5) is 0 Å². The Hall–Kier alpha value is -2.80. The largest absolute Gasteiger partial charge is 0.286 e. The number of thiophene rings is 1. The fraction of sp³-hybridized carbons (Fsp3) is 0.391. The van der Waals surface area contributed by atoms with Crippen LogP contribution >= 0.6 is 11.3 Å². The van der Waals surface area contributed by atoms with Crippen LogP contribution in [0.15, 0.2) is 40.5 Å². The first kappa shape index (κ1) is 20.5. The zero-order chi connectivity index (χ0) is 21.3. The van der Waals surface area contributed by atoms with Crippen LogP contribution in [0.3, 0.4) is 0 Å². The maximum Gasteiger partial charge on any atom is 0.263 e. The lowest BCUT2D eigenvalue weighted by Crippen LogP contribution is -2.34. The molecule has 3 aromatic rings. The number of rotatable bonds is 5. The number of hydrogen-bond donors (Lipinski definition) is 1. The molecular formula is C23H26N4O2S. The Morgan fingerprint density at radius 1 is 1.20 bits per heavy atom. The van der Waals surface area contributed by atoms with Crippen LogP contribution < -0.4 is 11.0 Å². The molecular weight excluding hydrogens is 396 g/mol. The number of benzene rings is 1. The molecule has 1 aliphatic carbocycles. The second-order valence-electron chi connectivity index (χ2n) is 8.08. The third kappa shape index (κ3) is 3.94. The Balaban J connectivity index is 1.50. The zero-order valence-corrected chi connectivity index (χ0v) is 18.3. The highest BCUT2D eigenvalue weighted by Crippen LogP contribution is 2.33. The molecule has 0 bridgehead atoms. The van der Waals surface area contributed by atoms with Gasteiger partial charge in [-0.1, -0.05) is 38.1 Å². The van der Waals surface area contributed by atoms with Crippen molar-refractivity contribution >= 4 is 33.7 Å². The van der Waals surface area contributed by atoms with E-state index < -0.39 is 6.04 Å². The van der Waals surface area contributed by atoms with Crippen molar-refractivity contribution in [2.24, 2.45) is 5.10 Å². The fourth-order valence-electron chi connectivity index (χ4n) is 3.79. The van der Waals surface area contributed by atoms with E-state index in [1.165, 1.54) is 21.3 Å². The van der Waals surface area contributed by atoms with Gasteiger partial charge in [0.1, 0.15) is 10.9 Å². The molecule has 4 rings (SSSR count). The minimum Gasteiger partial charge on any atom is -0.286 e. The number of aryl methyl sites for hydroxylation is 2. The van der Waals surface area contributed by atoms with Gasteiger partial charge in [-0.25, -0.2) is 10.4 Å². The van der Waals surface area contributed by atoms with Gasteiger partial charge in [-0.05, 0) is 55.2 Å². The standard InChI is InChI=1S/C23H26N4O2S/c1-14(2)17-10-8-16(9-11-17)12-25-26-21(28)15(3)27-13-24-22-20(23(27)29)18-6-4-5-7-19(18)30-22/h8-15H,4-7H2,1-3H3,(H,26,28)/b25-12-. The molecule has 1 amide bonds. The van der Waals surface area contributed by atoms with Gasteiger partial charge < -0.3 is 0 Å². The number of fused-ring (bicyclic) bond motifs is 3.